The lowest BCUT2D eigenvalue weighted by atomic mass is 10.2. The third-order valence-electron chi connectivity index (χ3n) is 5.14. The third kappa shape index (κ3) is 7.54. The summed E-state index contributed by atoms with van der Waals surface area (Å²) in [5, 5.41) is 19.2. The largest absolute Gasteiger partial charge is 0.423 e. The van der Waals surface area contributed by atoms with Gasteiger partial charge in [-0.1, -0.05) is 24.3 Å². The number of thiophene rings is 1. The lowest BCUT2D eigenvalue weighted by Gasteiger charge is -2.08. The maximum atomic E-state index is 12.8. The van der Waals surface area contributed by atoms with Gasteiger partial charge < -0.3 is 10.1 Å². The Bertz CT molecular complexity index is 1530. The lowest BCUT2D eigenvalue weighted by molar-refractivity contribution is -0.384. The van der Waals surface area contributed by atoms with Crippen LogP contribution in [-0.2, 0) is 4.79 Å². The van der Waals surface area contributed by atoms with Crippen LogP contribution in [0.1, 0.15) is 31.2 Å². The van der Waals surface area contributed by atoms with Crippen molar-refractivity contribution < 1.29 is 24.0 Å². The minimum atomic E-state index is -0.666. The molecule has 2 N–H and O–H groups in total. The van der Waals surface area contributed by atoms with Crippen molar-refractivity contribution in [3.05, 3.63) is 134 Å². The van der Waals surface area contributed by atoms with Crippen LogP contribution < -0.4 is 15.5 Å². The van der Waals surface area contributed by atoms with Crippen molar-refractivity contribution in [3.63, 3.8) is 0 Å². The molecule has 0 fully saturated rings. The van der Waals surface area contributed by atoms with Gasteiger partial charge in [0, 0.05) is 22.6 Å². The molecular formula is C28H20N4O6S. The SMILES string of the molecule is O=C(N/N=C/c1ccc(OC(=O)c2ccc([N+](=O)[O-])cc2)cc1)/C(=C\c1cccs1)NC(=O)c1ccccc1. The van der Waals surface area contributed by atoms with E-state index in [0.717, 1.165) is 4.88 Å². The standard InChI is InChI=1S/C28H20N4O6S/c33-26(20-5-2-1-3-6-20)30-25(17-24-7-4-16-39-24)27(34)31-29-18-19-8-14-23(15-9-19)38-28(35)21-10-12-22(13-11-21)32(36)37/h1-18H,(H,30,33)(H,31,34)/b25-17+,29-18+. The van der Waals surface area contributed by atoms with E-state index in [0.29, 0.717) is 11.1 Å². The molecule has 4 aromatic rings. The second kappa shape index (κ2) is 12.7. The second-order valence-electron chi connectivity index (χ2n) is 7.86. The van der Waals surface area contributed by atoms with Crippen LogP contribution in [0.15, 0.2) is 107 Å². The maximum absolute atomic E-state index is 12.8. The summed E-state index contributed by atoms with van der Waals surface area (Å²) < 4.78 is 5.28. The Hall–Kier alpha value is -5.42. The number of ether oxygens (including phenoxy) is 1. The van der Waals surface area contributed by atoms with Crippen molar-refractivity contribution in [2.75, 3.05) is 0 Å². The first-order valence-electron chi connectivity index (χ1n) is 11.4. The van der Waals surface area contributed by atoms with Gasteiger partial charge in [0.1, 0.15) is 11.4 Å². The van der Waals surface area contributed by atoms with Gasteiger partial charge in [-0.05, 0) is 71.6 Å². The molecule has 0 spiro atoms. The molecule has 0 unspecified atom stereocenters. The van der Waals surface area contributed by atoms with Gasteiger partial charge in [-0.2, -0.15) is 5.10 Å². The highest BCUT2D eigenvalue weighted by atomic mass is 32.1. The summed E-state index contributed by atoms with van der Waals surface area (Å²) >= 11 is 1.41. The summed E-state index contributed by atoms with van der Waals surface area (Å²) in [6, 6.07) is 23.5. The molecule has 11 heteroatoms. The van der Waals surface area contributed by atoms with E-state index >= 15 is 0 Å². The fourth-order valence-electron chi connectivity index (χ4n) is 3.19. The van der Waals surface area contributed by atoms with E-state index in [1.165, 1.54) is 53.9 Å². The van der Waals surface area contributed by atoms with Crippen molar-refractivity contribution in [2.45, 2.75) is 0 Å². The van der Waals surface area contributed by atoms with Crippen LogP contribution in [0.25, 0.3) is 6.08 Å². The first kappa shape index (κ1) is 26.6. The molecule has 0 aliphatic heterocycles. The highest BCUT2D eigenvalue weighted by Gasteiger charge is 2.15. The average Bonchev–Trinajstić information content (AvgIpc) is 3.47. The molecule has 0 bridgehead atoms. The molecule has 10 nitrogen and oxygen atoms in total. The number of nitrogens with one attached hydrogen (secondary N) is 2. The first-order valence-corrected chi connectivity index (χ1v) is 12.3. The summed E-state index contributed by atoms with van der Waals surface area (Å²) in [6.45, 7) is 0. The van der Waals surface area contributed by atoms with Gasteiger partial charge in [-0.15, -0.1) is 11.3 Å². The molecule has 1 heterocycles. The summed E-state index contributed by atoms with van der Waals surface area (Å²) in [7, 11) is 0. The quantitative estimate of drug-likeness (QED) is 0.0781. The summed E-state index contributed by atoms with van der Waals surface area (Å²) in [5.41, 5.74) is 3.46. The summed E-state index contributed by atoms with van der Waals surface area (Å²) in [4.78, 5) is 48.6. The number of rotatable bonds is 9. The number of nitro groups is 1. The highest BCUT2D eigenvalue weighted by Crippen LogP contribution is 2.17. The van der Waals surface area contributed by atoms with Gasteiger partial charge in [-0.3, -0.25) is 19.7 Å². The number of hydrogen-bond acceptors (Lipinski definition) is 8. The Morgan fingerprint density at radius 2 is 1.59 bits per heavy atom. The van der Waals surface area contributed by atoms with E-state index in [-0.39, 0.29) is 22.7 Å². The fraction of sp³-hybridized carbons (Fsp3) is 0. The molecule has 4 rings (SSSR count). The predicted molar refractivity (Wildman–Crippen MR) is 146 cm³/mol. The van der Waals surface area contributed by atoms with Crippen LogP contribution >= 0.6 is 11.3 Å². The zero-order valence-corrected chi connectivity index (χ0v) is 21.0. The number of benzene rings is 3. The van der Waals surface area contributed by atoms with Crippen molar-refractivity contribution in [1.82, 2.24) is 10.7 Å². The van der Waals surface area contributed by atoms with Crippen molar-refractivity contribution in [1.29, 1.82) is 0 Å². The Morgan fingerprint density at radius 1 is 0.872 bits per heavy atom. The van der Waals surface area contributed by atoms with Crippen LogP contribution in [0.5, 0.6) is 5.75 Å². The number of carbonyl (C=O) groups excluding carboxylic acids is 3. The number of nitrogens with zero attached hydrogens (tertiary/aromatic N) is 2. The van der Waals surface area contributed by atoms with Gasteiger partial charge in [0.2, 0.25) is 0 Å². The molecule has 0 aliphatic carbocycles. The van der Waals surface area contributed by atoms with Gasteiger partial charge in [0.15, 0.2) is 0 Å². The highest BCUT2D eigenvalue weighted by molar-refractivity contribution is 7.10. The van der Waals surface area contributed by atoms with E-state index in [4.69, 9.17) is 4.74 Å². The Kier molecular flexibility index (Phi) is 8.67. The average molecular weight is 541 g/mol. The zero-order chi connectivity index (χ0) is 27.6. The Morgan fingerprint density at radius 3 is 2.23 bits per heavy atom. The molecule has 39 heavy (non-hydrogen) atoms. The van der Waals surface area contributed by atoms with E-state index in [1.807, 2.05) is 17.5 Å². The molecule has 1 aromatic heterocycles. The number of hydrazone groups is 1. The normalized spacial score (nSPS) is 11.1. The van der Waals surface area contributed by atoms with Gasteiger partial charge in [-0.25, -0.2) is 10.2 Å². The summed E-state index contributed by atoms with van der Waals surface area (Å²) in [5.74, 6) is -1.46. The van der Waals surface area contributed by atoms with E-state index in [1.54, 1.807) is 48.5 Å². The number of nitro benzene ring substituents is 1. The fourth-order valence-corrected chi connectivity index (χ4v) is 3.85. The summed E-state index contributed by atoms with van der Waals surface area (Å²) in [6.07, 6.45) is 2.95. The van der Waals surface area contributed by atoms with Crippen LogP contribution in [0, 0.1) is 10.1 Å². The topological polar surface area (TPSA) is 140 Å². The number of hydrogen-bond donors (Lipinski definition) is 2. The zero-order valence-electron chi connectivity index (χ0n) is 20.1. The molecule has 0 radical (unpaired) electrons. The molecule has 0 saturated heterocycles. The number of non-ortho nitro benzene ring substituents is 1. The van der Waals surface area contributed by atoms with E-state index in [2.05, 4.69) is 15.8 Å². The first-order chi connectivity index (χ1) is 18.9. The Labute approximate surface area is 226 Å². The Balaban J connectivity index is 1.37. The van der Waals surface area contributed by atoms with Crippen molar-refractivity contribution in [3.8, 4) is 5.75 Å². The minimum absolute atomic E-state index is 0.0250. The number of carbonyl (C=O) groups is 3. The van der Waals surface area contributed by atoms with Gasteiger partial charge >= 0.3 is 5.97 Å². The van der Waals surface area contributed by atoms with Crippen LogP contribution in [0.4, 0.5) is 5.69 Å². The van der Waals surface area contributed by atoms with Crippen molar-refractivity contribution in [2.24, 2.45) is 5.10 Å². The number of amides is 2. The molecule has 2 amide bonds. The molecule has 0 saturated carbocycles. The van der Waals surface area contributed by atoms with Crippen LogP contribution in [0.3, 0.4) is 0 Å². The molecule has 3 aromatic carbocycles. The third-order valence-corrected chi connectivity index (χ3v) is 5.96. The smallest absolute Gasteiger partial charge is 0.343 e. The van der Waals surface area contributed by atoms with Crippen LogP contribution in [0.2, 0.25) is 0 Å². The molecule has 194 valence electrons. The lowest BCUT2D eigenvalue weighted by Crippen LogP contribution is -2.32. The number of esters is 1. The van der Waals surface area contributed by atoms with E-state index in [9.17, 15) is 24.5 Å². The van der Waals surface area contributed by atoms with E-state index < -0.39 is 22.7 Å². The second-order valence-corrected chi connectivity index (χ2v) is 8.83. The molecule has 0 aliphatic rings. The molecular weight excluding hydrogens is 520 g/mol. The monoisotopic (exact) mass is 540 g/mol. The van der Waals surface area contributed by atoms with Crippen LogP contribution in [-0.4, -0.2) is 28.9 Å². The molecule has 0 atom stereocenters. The van der Waals surface area contributed by atoms with Crippen molar-refractivity contribution >= 4 is 47.1 Å². The minimum Gasteiger partial charge on any atom is -0.423 e. The van der Waals surface area contributed by atoms with Gasteiger partial charge in [0.05, 0.1) is 16.7 Å². The van der Waals surface area contributed by atoms with Gasteiger partial charge in [0.25, 0.3) is 17.5 Å². The maximum Gasteiger partial charge on any atom is 0.343 e. The predicted octanol–water partition coefficient (Wildman–Crippen LogP) is 4.80.